The Labute approximate surface area is 153 Å². The second kappa shape index (κ2) is 8.60. The number of carbonyl (C=O) groups excluding carboxylic acids is 2. The van der Waals surface area contributed by atoms with Gasteiger partial charge >= 0.3 is 12.0 Å². The van der Waals surface area contributed by atoms with Gasteiger partial charge in [-0.1, -0.05) is 32.9 Å². The number of benzene rings is 1. The first-order chi connectivity index (χ1) is 12.4. The van der Waals surface area contributed by atoms with Crippen molar-refractivity contribution in [1.29, 1.82) is 0 Å². The highest BCUT2D eigenvalue weighted by atomic mass is 16.5. The van der Waals surface area contributed by atoms with E-state index < -0.39 is 12.0 Å². The van der Waals surface area contributed by atoms with Gasteiger partial charge in [-0.05, 0) is 18.4 Å². The molecule has 0 spiro atoms. The van der Waals surface area contributed by atoms with Gasteiger partial charge in [0.15, 0.2) is 11.5 Å². The molecule has 0 saturated heterocycles. The third-order valence-electron chi connectivity index (χ3n) is 4.08. The molecule has 7 nitrogen and oxygen atoms in total. The number of rotatable bonds is 7. The zero-order valence-electron chi connectivity index (χ0n) is 15.8. The minimum atomic E-state index is -0.699. The van der Waals surface area contributed by atoms with E-state index in [2.05, 4.69) is 10.6 Å². The van der Waals surface area contributed by atoms with Crippen molar-refractivity contribution in [1.82, 2.24) is 10.6 Å². The molecule has 1 aliphatic heterocycles. The summed E-state index contributed by atoms with van der Waals surface area (Å²) < 4.78 is 16.3. The van der Waals surface area contributed by atoms with Crippen molar-refractivity contribution in [3.63, 3.8) is 0 Å². The molecule has 2 amide bonds. The van der Waals surface area contributed by atoms with E-state index in [0.717, 1.165) is 6.42 Å². The summed E-state index contributed by atoms with van der Waals surface area (Å²) >= 11 is 0. The van der Waals surface area contributed by atoms with Gasteiger partial charge in [-0.3, -0.25) is 0 Å². The fourth-order valence-corrected chi connectivity index (χ4v) is 2.89. The topological polar surface area (TPSA) is 85.9 Å². The second-order valence-corrected chi connectivity index (χ2v) is 6.23. The average molecular weight is 362 g/mol. The second-order valence-electron chi connectivity index (χ2n) is 6.23. The van der Waals surface area contributed by atoms with E-state index in [9.17, 15) is 9.59 Å². The Bertz CT molecular complexity index is 712. The Balaban J connectivity index is 2.65. The van der Waals surface area contributed by atoms with E-state index in [1.807, 2.05) is 26.8 Å². The van der Waals surface area contributed by atoms with Crippen molar-refractivity contribution >= 4 is 12.0 Å². The summed E-state index contributed by atoms with van der Waals surface area (Å²) in [5.74, 6) is 0.478. The van der Waals surface area contributed by atoms with Gasteiger partial charge in [0.1, 0.15) is 0 Å². The molecule has 0 bridgehead atoms. The molecule has 7 heteroatoms. The van der Waals surface area contributed by atoms with Crippen LogP contribution in [0.2, 0.25) is 0 Å². The molecule has 0 fully saturated rings. The molecule has 1 atom stereocenters. The number of esters is 1. The van der Waals surface area contributed by atoms with Crippen LogP contribution in [0.25, 0.3) is 0 Å². The number of ether oxygens (including phenoxy) is 3. The minimum Gasteiger partial charge on any atom is -0.493 e. The number of para-hydroxylation sites is 1. The fraction of sp³-hybridized carbons (Fsp3) is 0.474. The molecule has 1 aromatic carbocycles. The number of hydrogen-bond donors (Lipinski definition) is 2. The molecule has 1 unspecified atom stereocenters. The van der Waals surface area contributed by atoms with Crippen molar-refractivity contribution < 1.29 is 23.8 Å². The lowest BCUT2D eigenvalue weighted by Crippen LogP contribution is -2.47. The van der Waals surface area contributed by atoms with Crippen LogP contribution in [0, 0.1) is 5.92 Å². The number of hydrogen-bond acceptors (Lipinski definition) is 5. The number of nitrogens with one attached hydrogen (secondary N) is 2. The first-order valence-electron chi connectivity index (χ1n) is 8.64. The lowest BCUT2D eigenvalue weighted by atomic mass is 9.91. The highest BCUT2D eigenvalue weighted by Gasteiger charge is 2.36. The molecular formula is C19H26N2O5. The van der Waals surface area contributed by atoms with Crippen molar-refractivity contribution in [3.05, 3.63) is 35.0 Å². The Kier molecular flexibility index (Phi) is 6.49. The first kappa shape index (κ1) is 19.6. The van der Waals surface area contributed by atoms with Crippen molar-refractivity contribution in [2.75, 3.05) is 20.8 Å². The molecule has 1 heterocycles. The molecular weight excluding hydrogens is 336 g/mol. The molecule has 0 radical (unpaired) electrons. The van der Waals surface area contributed by atoms with E-state index in [4.69, 9.17) is 14.2 Å². The quantitative estimate of drug-likeness (QED) is 0.729. The summed E-state index contributed by atoms with van der Waals surface area (Å²) in [5.41, 5.74) is 1.54. The third-order valence-corrected chi connectivity index (χ3v) is 4.08. The first-order valence-corrected chi connectivity index (χ1v) is 8.64. The third kappa shape index (κ3) is 3.92. The van der Waals surface area contributed by atoms with E-state index in [0.29, 0.717) is 34.9 Å². The minimum absolute atomic E-state index is 0.0664. The molecule has 1 aromatic rings. The van der Waals surface area contributed by atoms with Crippen molar-refractivity contribution in [2.24, 2.45) is 5.92 Å². The smallest absolute Gasteiger partial charge is 0.337 e. The molecule has 1 aliphatic rings. The van der Waals surface area contributed by atoms with Crippen LogP contribution in [-0.2, 0) is 9.53 Å². The SMILES string of the molecule is CCCOc1c(OC)cccc1C1NC(=O)NC(C(C)C)=C1C(=O)OC. The lowest BCUT2D eigenvalue weighted by Gasteiger charge is -2.31. The normalized spacial score (nSPS) is 16.8. The van der Waals surface area contributed by atoms with Crippen LogP contribution in [0.15, 0.2) is 29.5 Å². The number of urea groups is 1. The molecule has 2 rings (SSSR count). The van der Waals surface area contributed by atoms with Gasteiger partial charge in [-0.2, -0.15) is 0 Å². The fourth-order valence-electron chi connectivity index (χ4n) is 2.89. The van der Waals surface area contributed by atoms with Gasteiger partial charge in [-0.25, -0.2) is 9.59 Å². The molecule has 26 heavy (non-hydrogen) atoms. The molecule has 142 valence electrons. The van der Waals surface area contributed by atoms with Gasteiger partial charge in [-0.15, -0.1) is 0 Å². The summed E-state index contributed by atoms with van der Waals surface area (Å²) in [7, 11) is 2.87. The van der Waals surface area contributed by atoms with Crippen molar-refractivity contribution in [2.45, 2.75) is 33.2 Å². The molecule has 0 aliphatic carbocycles. The van der Waals surface area contributed by atoms with Crippen LogP contribution < -0.4 is 20.1 Å². The van der Waals surface area contributed by atoms with Crippen LogP contribution in [0.1, 0.15) is 38.8 Å². The van der Waals surface area contributed by atoms with E-state index in [-0.39, 0.29) is 11.9 Å². The van der Waals surface area contributed by atoms with Crippen LogP contribution in [0.3, 0.4) is 0 Å². The maximum atomic E-state index is 12.5. The number of allylic oxidation sites excluding steroid dienone is 1. The Hall–Kier alpha value is -2.70. The van der Waals surface area contributed by atoms with Crippen LogP contribution in [0.5, 0.6) is 11.5 Å². The molecule has 2 N–H and O–H groups in total. The van der Waals surface area contributed by atoms with E-state index in [1.165, 1.54) is 7.11 Å². The van der Waals surface area contributed by atoms with Crippen LogP contribution in [0.4, 0.5) is 4.79 Å². The van der Waals surface area contributed by atoms with Crippen LogP contribution in [-0.4, -0.2) is 32.8 Å². The maximum absolute atomic E-state index is 12.5. The summed E-state index contributed by atoms with van der Waals surface area (Å²) in [6, 6.07) is 4.31. The van der Waals surface area contributed by atoms with Crippen molar-refractivity contribution in [3.8, 4) is 11.5 Å². The Morgan fingerprint density at radius 2 is 2.00 bits per heavy atom. The van der Waals surface area contributed by atoms with Gasteiger partial charge in [0, 0.05) is 11.3 Å². The maximum Gasteiger partial charge on any atom is 0.337 e. The van der Waals surface area contributed by atoms with Gasteiger partial charge in [0.05, 0.1) is 32.4 Å². The molecule has 0 aromatic heterocycles. The van der Waals surface area contributed by atoms with Gasteiger partial charge in [0.2, 0.25) is 0 Å². The Morgan fingerprint density at radius 3 is 2.58 bits per heavy atom. The monoisotopic (exact) mass is 362 g/mol. The summed E-state index contributed by atoms with van der Waals surface area (Å²) in [5, 5.41) is 5.54. The van der Waals surface area contributed by atoms with Crippen LogP contribution >= 0.6 is 0 Å². The number of carbonyl (C=O) groups is 2. The zero-order valence-corrected chi connectivity index (χ0v) is 15.8. The highest BCUT2D eigenvalue weighted by molar-refractivity contribution is 5.95. The lowest BCUT2D eigenvalue weighted by molar-refractivity contribution is -0.136. The largest absolute Gasteiger partial charge is 0.493 e. The van der Waals surface area contributed by atoms with E-state index >= 15 is 0 Å². The average Bonchev–Trinajstić information content (AvgIpc) is 2.64. The number of methoxy groups -OCH3 is 2. The zero-order chi connectivity index (χ0) is 19.3. The predicted molar refractivity (Wildman–Crippen MR) is 97.1 cm³/mol. The predicted octanol–water partition coefficient (Wildman–Crippen LogP) is 2.92. The summed E-state index contributed by atoms with van der Waals surface area (Å²) in [6.45, 7) is 6.29. The summed E-state index contributed by atoms with van der Waals surface area (Å²) in [6.07, 6.45) is 0.813. The number of amides is 2. The molecule has 0 saturated carbocycles. The van der Waals surface area contributed by atoms with Gasteiger partial charge in [0.25, 0.3) is 0 Å². The van der Waals surface area contributed by atoms with Gasteiger partial charge < -0.3 is 24.8 Å². The van der Waals surface area contributed by atoms with E-state index in [1.54, 1.807) is 19.2 Å². The summed E-state index contributed by atoms with van der Waals surface area (Å²) in [4.78, 5) is 24.7. The standard InChI is InChI=1S/C19H26N2O5/c1-6-10-26-17-12(8-7-9-13(17)24-4)16-14(18(22)25-5)15(11(2)3)20-19(23)21-16/h7-9,11,16H,6,10H2,1-5H3,(H2,20,21,23). The highest BCUT2D eigenvalue weighted by Crippen LogP contribution is 2.40. The Morgan fingerprint density at radius 1 is 1.27 bits per heavy atom.